The van der Waals surface area contributed by atoms with E-state index >= 15 is 0 Å². The Labute approximate surface area is 119 Å². The summed E-state index contributed by atoms with van der Waals surface area (Å²) in [5.41, 5.74) is -0.0467. The second-order valence-electron chi connectivity index (χ2n) is 3.84. The summed E-state index contributed by atoms with van der Waals surface area (Å²) in [6.45, 7) is -0.309. The number of benzene rings is 1. The van der Waals surface area contributed by atoms with Crippen LogP contribution in [0, 0.1) is 10.1 Å². The minimum absolute atomic E-state index is 0.0351. The van der Waals surface area contributed by atoms with Gasteiger partial charge in [-0.3, -0.25) is 14.9 Å². The van der Waals surface area contributed by atoms with E-state index in [9.17, 15) is 19.7 Å². The number of amides is 1. The van der Waals surface area contributed by atoms with Gasteiger partial charge in [0, 0.05) is 12.6 Å². The number of carboxylic acids is 1. The second kappa shape index (κ2) is 7.80. The third kappa shape index (κ3) is 5.07. The van der Waals surface area contributed by atoms with Gasteiger partial charge in [-0.2, -0.15) is 0 Å². The van der Waals surface area contributed by atoms with Gasteiger partial charge in [0.15, 0.2) is 0 Å². The van der Waals surface area contributed by atoms with Crippen molar-refractivity contribution in [2.45, 2.75) is 0 Å². The number of nitrogens with one attached hydrogen (secondary N) is 1. The molecule has 0 atom stereocenters. The Kier molecular flexibility index (Phi) is 6.08. The first-order valence-electron chi connectivity index (χ1n) is 5.86. The van der Waals surface area contributed by atoms with E-state index in [-0.39, 0.29) is 30.2 Å². The zero-order chi connectivity index (χ0) is 15.8. The number of aliphatic carboxylic acids is 1. The first-order valence-corrected chi connectivity index (χ1v) is 5.86. The molecule has 0 saturated heterocycles. The first kappa shape index (κ1) is 16.4. The molecule has 0 unspecified atom stereocenters. The predicted molar refractivity (Wildman–Crippen MR) is 70.4 cm³/mol. The van der Waals surface area contributed by atoms with Gasteiger partial charge in [0.1, 0.15) is 12.4 Å². The van der Waals surface area contributed by atoms with Crippen molar-refractivity contribution in [1.82, 2.24) is 5.32 Å². The van der Waals surface area contributed by atoms with Crippen LogP contribution in [0.25, 0.3) is 0 Å². The van der Waals surface area contributed by atoms with Gasteiger partial charge in [0.25, 0.3) is 11.6 Å². The molecule has 0 saturated carbocycles. The zero-order valence-electron chi connectivity index (χ0n) is 11.2. The Morgan fingerprint density at radius 2 is 2.14 bits per heavy atom. The quantitative estimate of drug-likeness (QED) is 0.404. The van der Waals surface area contributed by atoms with Crippen LogP contribution in [0.2, 0.25) is 0 Å². The summed E-state index contributed by atoms with van der Waals surface area (Å²) in [7, 11) is 1.30. The van der Waals surface area contributed by atoms with E-state index in [1.807, 2.05) is 0 Å². The molecule has 0 aliphatic heterocycles. The Balaban J connectivity index is 2.61. The molecule has 0 aliphatic rings. The van der Waals surface area contributed by atoms with Gasteiger partial charge in [-0.25, -0.2) is 4.79 Å². The molecule has 1 rings (SSSR count). The van der Waals surface area contributed by atoms with Gasteiger partial charge < -0.3 is 19.9 Å². The van der Waals surface area contributed by atoms with Gasteiger partial charge in [-0.05, 0) is 6.07 Å². The van der Waals surface area contributed by atoms with Crippen LogP contribution in [-0.4, -0.2) is 48.8 Å². The van der Waals surface area contributed by atoms with E-state index in [1.54, 1.807) is 0 Å². The maximum atomic E-state index is 11.9. The number of hydrogen-bond donors (Lipinski definition) is 2. The lowest BCUT2D eigenvalue weighted by Gasteiger charge is -2.09. The summed E-state index contributed by atoms with van der Waals surface area (Å²) in [4.78, 5) is 32.1. The highest BCUT2D eigenvalue weighted by molar-refractivity contribution is 5.97. The molecule has 21 heavy (non-hydrogen) atoms. The average molecular weight is 298 g/mol. The molecular formula is C12H14N2O7. The van der Waals surface area contributed by atoms with Gasteiger partial charge in [-0.1, -0.05) is 0 Å². The van der Waals surface area contributed by atoms with Crippen LogP contribution in [0.4, 0.5) is 5.69 Å². The van der Waals surface area contributed by atoms with E-state index in [0.717, 1.165) is 6.07 Å². The minimum Gasteiger partial charge on any atom is -0.496 e. The predicted octanol–water partition coefficient (Wildman–Crippen LogP) is 0.434. The fourth-order valence-corrected chi connectivity index (χ4v) is 1.47. The molecule has 9 nitrogen and oxygen atoms in total. The Bertz CT molecular complexity index is 544. The number of methoxy groups -OCH3 is 1. The number of carboxylic acid groups (broad SMARTS) is 1. The number of hydrogen-bond acceptors (Lipinski definition) is 6. The van der Waals surface area contributed by atoms with E-state index in [4.69, 9.17) is 14.6 Å². The van der Waals surface area contributed by atoms with Crippen molar-refractivity contribution >= 4 is 17.6 Å². The summed E-state index contributed by atoms with van der Waals surface area (Å²) < 4.78 is 9.70. The van der Waals surface area contributed by atoms with Crippen LogP contribution in [-0.2, 0) is 9.53 Å². The van der Waals surface area contributed by atoms with Crippen LogP contribution in [0.1, 0.15) is 10.4 Å². The van der Waals surface area contributed by atoms with E-state index in [2.05, 4.69) is 5.32 Å². The first-order chi connectivity index (χ1) is 9.95. The molecule has 0 spiro atoms. The van der Waals surface area contributed by atoms with E-state index in [0.29, 0.717) is 0 Å². The Morgan fingerprint density at radius 3 is 2.71 bits per heavy atom. The fraction of sp³-hybridized carbons (Fsp3) is 0.333. The number of nitrogens with zero attached hydrogens (tertiary/aromatic N) is 1. The number of non-ortho nitro benzene ring substituents is 1. The van der Waals surface area contributed by atoms with Crippen molar-refractivity contribution in [2.24, 2.45) is 0 Å². The summed E-state index contributed by atoms with van der Waals surface area (Å²) >= 11 is 0. The Morgan fingerprint density at radius 1 is 1.43 bits per heavy atom. The number of carbonyl (C=O) groups is 2. The van der Waals surface area contributed by atoms with E-state index < -0.39 is 23.4 Å². The SMILES string of the molecule is COc1cc([N+](=O)[O-])ccc1C(=O)NCCOCC(=O)O. The highest BCUT2D eigenvalue weighted by Gasteiger charge is 2.16. The third-order valence-electron chi connectivity index (χ3n) is 2.40. The van der Waals surface area contributed by atoms with Gasteiger partial charge in [-0.15, -0.1) is 0 Å². The lowest BCUT2D eigenvalue weighted by Crippen LogP contribution is -2.28. The smallest absolute Gasteiger partial charge is 0.329 e. The number of rotatable bonds is 8. The molecule has 0 bridgehead atoms. The van der Waals surface area contributed by atoms with Crippen molar-refractivity contribution in [1.29, 1.82) is 0 Å². The molecular weight excluding hydrogens is 284 g/mol. The zero-order valence-corrected chi connectivity index (χ0v) is 11.2. The lowest BCUT2D eigenvalue weighted by atomic mass is 10.1. The topological polar surface area (TPSA) is 128 Å². The Hall–Kier alpha value is -2.68. The average Bonchev–Trinajstić information content (AvgIpc) is 2.45. The van der Waals surface area contributed by atoms with Crippen molar-refractivity contribution in [3.8, 4) is 5.75 Å². The molecule has 1 aromatic rings. The molecule has 2 N–H and O–H groups in total. The molecule has 9 heteroatoms. The van der Waals surface area contributed by atoms with Crippen molar-refractivity contribution in [3.05, 3.63) is 33.9 Å². The summed E-state index contributed by atoms with van der Waals surface area (Å²) in [5.74, 6) is -1.52. The largest absolute Gasteiger partial charge is 0.496 e. The lowest BCUT2D eigenvalue weighted by molar-refractivity contribution is -0.384. The van der Waals surface area contributed by atoms with Gasteiger partial charge >= 0.3 is 5.97 Å². The van der Waals surface area contributed by atoms with Crippen LogP contribution in [0.15, 0.2) is 18.2 Å². The summed E-state index contributed by atoms with van der Waals surface area (Å²) in [5, 5.41) is 21.5. The molecule has 1 aromatic carbocycles. The maximum absolute atomic E-state index is 11.9. The highest BCUT2D eigenvalue weighted by Crippen LogP contribution is 2.24. The summed E-state index contributed by atoms with van der Waals surface area (Å²) in [6, 6.07) is 3.62. The molecule has 0 aromatic heterocycles. The maximum Gasteiger partial charge on any atom is 0.329 e. The van der Waals surface area contributed by atoms with E-state index in [1.165, 1.54) is 19.2 Å². The number of ether oxygens (including phenoxy) is 2. The number of nitro groups is 1. The number of nitro benzene ring substituents is 1. The molecule has 1 amide bonds. The molecule has 0 radical (unpaired) electrons. The van der Waals surface area contributed by atoms with Crippen LogP contribution in [0.5, 0.6) is 5.75 Å². The second-order valence-corrected chi connectivity index (χ2v) is 3.84. The van der Waals surface area contributed by atoms with Gasteiger partial charge in [0.2, 0.25) is 0 Å². The summed E-state index contributed by atoms with van der Waals surface area (Å²) in [6.07, 6.45) is 0. The van der Waals surface area contributed by atoms with Gasteiger partial charge in [0.05, 0.1) is 30.3 Å². The standard InChI is InChI=1S/C12H14N2O7/c1-20-10-6-8(14(18)19)2-3-9(10)12(17)13-4-5-21-7-11(15)16/h2-3,6H,4-5,7H2,1H3,(H,13,17)(H,15,16). The molecule has 0 aliphatic carbocycles. The molecule has 114 valence electrons. The number of carbonyl (C=O) groups excluding carboxylic acids is 1. The van der Waals surface area contributed by atoms with Crippen molar-refractivity contribution in [3.63, 3.8) is 0 Å². The van der Waals surface area contributed by atoms with Crippen LogP contribution >= 0.6 is 0 Å². The van der Waals surface area contributed by atoms with Crippen molar-refractivity contribution < 1.29 is 29.1 Å². The fourth-order valence-electron chi connectivity index (χ4n) is 1.47. The normalized spacial score (nSPS) is 9.95. The van der Waals surface area contributed by atoms with Crippen LogP contribution in [0.3, 0.4) is 0 Å². The highest BCUT2D eigenvalue weighted by atomic mass is 16.6. The third-order valence-corrected chi connectivity index (χ3v) is 2.40. The monoisotopic (exact) mass is 298 g/mol. The molecule has 0 heterocycles. The molecule has 0 fully saturated rings. The van der Waals surface area contributed by atoms with Crippen molar-refractivity contribution in [2.75, 3.05) is 26.9 Å². The minimum atomic E-state index is -1.10. The van der Waals surface area contributed by atoms with Crippen LogP contribution < -0.4 is 10.1 Å².